The molecule has 1 aliphatic heterocycles. The van der Waals surface area contributed by atoms with Crippen LogP contribution in [0.15, 0.2) is 41.2 Å². The van der Waals surface area contributed by atoms with Crippen molar-refractivity contribution in [2.24, 2.45) is 5.92 Å². The van der Waals surface area contributed by atoms with Gasteiger partial charge < -0.3 is 9.42 Å². The summed E-state index contributed by atoms with van der Waals surface area (Å²) in [6, 6.07) is 8.01. The van der Waals surface area contributed by atoms with Gasteiger partial charge in [-0.3, -0.25) is 14.5 Å². The number of carbonyl (C=O) groups excluding carboxylic acids is 1. The summed E-state index contributed by atoms with van der Waals surface area (Å²) < 4.78 is 7.15. The average Bonchev–Trinajstić information content (AvgIpc) is 3.45. The average molecular weight is 393 g/mol. The normalized spacial score (nSPS) is 16.5. The fourth-order valence-corrected chi connectivity index (χ4v) is 4.09. The molecule has 0 saturated carbocycles. The highest BCUT2D eigenvalue weighted by Crippen LogP contribution is 2.27. The summed E-state index contributed by atoms with van der Waals surface area (Å²) in [4.78, 5) is 19.4. The molecular weight excluding hydrogens is 366 g/mol. The lowest BCUT2D eigenvalue weighted by atomic mass is 10.0. The summed E-state index contributed by atoms with van der Waals surface area (Å²) in [7, 11) is 0. The minimum atomic E-state index is 0.247. The van der Waals surface area contributed by atoms with E-state index in [1.807, 2.05) is 47.8 Å². The minimum Gasteiger partial charge on any atom is -0.361 e. The molecule has 4 rings (SSSR count). The quantitative estimate of drug-likeness (QED) is 0.615. The first-order chi connectivity index (χ1) is 14.1. The maximum atomic E-state index is 12.5. The van der Waals surface area contributed by atoms with Crippen molar-refractivity contribution in [3.05, 3.63) is 53.8 Å². The SMILES string of the molecule is Cc1noc(C)c1-c1cccc(CC2CCN(C(=O)CCCn3cccn3)C2)n1. The second kappa shape index (κ2) is 8.59. The lowest BCUT2D eigenvalue weighted by Crippen LogP contribution is -2.29. The Labute approximate surface area is 170 Å². The van der Waals surface area contributed by atoms with Crippen LogP contribution in [0.1, 0.15) is 36.4 Å². The number of nitrogens with zero attached hydrogens (tertiary/aromatic N) is 5. The number of amides is 1. The molecule has 0 aromatic carbocycles. The van der Waals surface area contributed by atoms with E-state index in [-0.39, 0.29) is 5.91 Å². The van der Waals surface area contributed by atoms with E-state index in [2.05, 4.69) is 16.3 Å². The molecular formula is C22H27N5O2. The molecule has 152 valence electrons. The van der Waals surface area contributed by atoms with Crippen LogP contribution in [0.25, 0.3) is 11.3 Å². The van der Waals surface area contributed by atoms with Gasteiger partial charge in [-0.2, -0.15) is 5.10 Å². The lowest BCUT2D eigenvalue weighted by Gasteiger charge is -2.16. The lowest BCUT2D eigenvalue weighted by molar-refractivity contribution is -0.130. The topological polar surface area (TPSA) is 77.0 Å². The Bertz CT molecular complexity index is 944. The Morgan fingerprint density at radius 3 is 2.93 bits per heavy atom. The van der Waals surface area contributed by atoms with Crippen molar-refractivity contribution < 1.29 is 9.32 Å². The Balaban J connectivity index is 1.31. The number of hydrogen-bond donors (Lipinski definition) is 0. The third-order valence-corrected chi connectivity index (χ3v) is 5.57. The van der Waals surface area contributed by atoms with Gasteiger partial charge in [-0.1, -0.05) is 11.2 Å². The van der Waals surface area contributed by atoms with Gasteiger partial charge in [0.15, 0.2) is 0 Å². The summed E-state index contributed by atoms with van der Waals surface area (Å²) >= 11 is 0. The van der Waals surface area contributed by atoms with E-state index < -0.39 is 0 Å². The van der Waals surface area contributed by atoms with Crippen LogP contribution in [0.3, 0.4) is 0 Å². The molecule has 4 heterocycles. The van der Waals surface area contributed by atoms with E-state index in [1.165, 1.54) is 0 Å². The van der Waals surface area contributed by atoms with Gasteiger partial charge in [0.2, 0.25) is 5.91 Å². The molecule has 7 nitrogen and oxygen atoms in total. The molecule has 1 aliphatic rings. The van der Waals surface area contributed by atoms with Crippen molar-refractivity contribution in [3.63, 3.8) is 0 Å². The van der Waals surface area contributed by atoms with Crippen molar-refractivity contribution in [1.82, 2.24) is 24.8 Å². The Kier molecular flexibility index (Phi) is 5.74. The van der Waals surface area contributed by atoms with Gasteiger partial charge in [0, 0.05) is 44.1 Å². The van der Waals surface area contributed by atoms with Crippen LogP contribution in [0.2, 0.25) is 0 Å². The third kappa shape index (κ3) is 4.55. The number of aryl methyl sites for hydroxylation is 3. The maximum absolute atomic E-state index is 12.5. The molecule has 1 atom stereocenters. The molecule has 0 bridgehead atoms. The van der Waals surface area contributed by atoms with E-state index in [4.69, 9.17) is 9.51 Å². The highest BCUT2D eigenvalue weighted by atomic mass is 16.5. The van der Waals surface area contributed by atoms with E-state index >= 15 is 0 Å². The number of likely N-dealkylation sites (tertiary alicyclic amines) is 1. The van der Waals surface area contributed by atoms with Crippen molar-refractivity contribution in [1.29, 1.82) is 0 Å². The van der Waals surface area contributed by atoms with Gasteiger partial charge in [-0.05, 0) is 57.2 Å². The summed E-state index contributed by atoms with van der Waals surface area (Å²) in [5.41, 5.74) is 3.80. The second-order valence-electron chi connectivity index (χ2n) is 7.78. The molecule has 29 heavy (non-hydrogen) atoms. The smallest absolute Gasteiger partial charge is 0.222 e. The van der Waals surface area contributed by atoms with Crippen molar-refractivity contribution in [2.45, 2.75) is 46.1 Å². The van der Waals surface area contributed by atoms with E-state index in [0.29, 0.717) is 12.3 Å². The van der Waals surface area contributed by atoms with E-state index in [9.17, 15) is 4.79 Å². The molecule has 0 radical (unpaired) electrons. The van der Waals surface area contributed by atoms with Crippen LogP contribution < -0.4 is 0 Å². The molecule has 0 aliphatic carbocycles. The van der Waals surface area contributed by atoms with Crippen molar-refractivity contribution in [2.75, 3.05) is 13.1 Å². The van der Waals surface area contributed by atoms with Crippen LogP contribution in [-0.2, 0) is 17.8 Å². The van der Waals surface area contributed by atoms with Crippen LogP contribution >= 0.6 is 0 Å². The molecule has 0 spiro atoms. The third-order valence-electron chi connectivity index (χ3n) is 5.57. The summed E-state index contributed by atoms with van der Waals surface area (Å²) in [6.45, 7) is 6.30. The predicted molar refractivity (Wildman–Crippen MR) is 109 cm³/mol. The van der Waals surface area contributed by atoms with Gasteiger partial charge in [-0.15, -0.1) is 0 Å². The summed E-state index contributed by atoms with van der Waals surface area (Å²) in [6.07, 6.45) is 7.01. The number of carbonyl (C=O) groups is 1. The first kappa shape index (κ1) is 19.4. The van der Waals surface area contributed by atoms with Crippen LogP contribution in [0.5, 0.6) is 0 Å². The molecule has 1 unspecified atom stereocenters. The zero-order valence-electron chi connectivity index (χ0n) is 17.0. The summed E-state index contributed by atoms with van der Waals surface area (Å²) in [5, 5.41) is 8.21. The largest absolute Gasteiger partial charge is 0.361 e. The molecule has 0 N–H and O–H groups in total. The second-order valence-corrected chi connectivity index (χ2v) is 7.78. The van der Waals surface area contributed by atoms with E-state index in [0.717, 1.165) is 67.3 Å². The number of pyridine rings is 1. The summed E-state index contributed by atoms with van der Waals surface area (Å²) in [5.74, 6) is 1.49. The molecule has 1 amide bonds. The molecule has 1 fully saturated rings. The molecule has 7 heteroatoms. The van der Waals surface area contributed by atoms with Gasteiger partial charge in [0.05, 0.1) is 17.0 Å². The van der Waals surface area contributed by atoms with Gasteiger partial charge in [0.25, 0.3) is 0 Å². The van der Waals surface area contributed by atoms with Gasteiger partial charge in [0.1, 0.15) is 5.76 Å². The zero-order valence-corrected chi connectivity index (χ0v) is 17.0. The fourth-order valence-electron chi connectivity index (χ4n) is 4.09. The number of rotatable bonds is 7. The van der Waals surface area contributed by atoms with Gasteiger partial charge in [-0.25, -0.2) is 0 Å². The first-order valence-corrected chi connectivity index (χ1v) is 10.2. The molecule has 1 saturated heterocycles. The van der Waals surface area contributed by atoms with Crippen molar-refractivity contribution in [3.8, 4) is 11.3 Å². The minimum absolute atomic E-state index is 0.247. The fraction of sp³-hybridized carbons (Fsp3) is 0.455. The molecule has 3 aromatic heterocycles. The predicted octanol–water partition coefficient (Wildman–Crippen LogP) is 3.42. The Morgan fingerprint density at radius 2 is 2.17 bits per heavy atom. The van der Waals surface area contributed by atoms with E-state index in [1.54, 1.807) is 6.20 Å². The Morgan fingerprint density at radius 1 is 1.28 bits per heavy atom. The van der Waals surface area contributed by atoms with Crippen LogP contribution in [0.4, 0.5) is 0 Å². The number of aromatic nitrogens is 4. The monoisotopic (exact) mass is 393 g/mol. The van der Waals surface area contributed by atoms with Crippen molar-refractivity contribution >= 4 is 5.91 Å². The highest BCUT2D eigenvalue weighted by molar-refractivity contribution is 5.76. The maximum Gasteiger partial charge on any atom is 0.222 e. The first-order valence-electron chi connectivity index (χ1n) is 10.2. The van der Waals surface area contributed by atoms with Crippen LogP contribution in [-0.4, -0.2) is 43.8 Å². The van der Waals surface area contributed by atoms with Crippen LogP contribution in [0, 0.1) is 19.8 Å². The Hall–Kier alpha value is -2.96. The van der Waals surface area contributed by atoms with Gasteiger partial charge >= 0.3 is 0 Å². The standard InChI is InChI=1S/C22H27N5O2/c1-16-22(17(2)29-25-16)20-7-3-6-19(24-20)14-18-9-13-26(15-18)21(28)8-4-11-27-12-5-10-23-27/h3,5-7,10,12,18H,4,8-9,11,13-15H2,1-2H3. The number of hydrogen-bond acceptors (Lipinski definition) is 5. The highest BCUT2D eigenvalue weighted by Gasteiger charge is 2.26. The molecule has 3 aromatic rings. The zero-order chi connectivity index (χ0) is 20.2.